The fraction of sp³-hybridized carbons (Fsp3) is 0.136. The summed E-state index contributed by atoms with van der Waals surface area (Å²) < 4.78 is 1.93. The molecule has 0 saturated heterocycles. The highest BCUT2D eigenvalue weighted by atomic mass is 35.5. The Morgan fingerprint density at radius 1 is 1.09 bits per heavy atom. The Balaban J connectivity index is 1.60. The number of nitrogens with one attached hydrogen (secondary N) is 1. The van der Waals surface area contributed by atoms with Gasteiger partial charge >= 0.3 is 0 Å². The number of pyridine rings is 2. The minimum Gasteiger partial charge on any atom is -0.309 e. The Morgan fingerprint density at radius 3 is 2.66 bits per heavy atom. The summed E-state index contributed by atoms with van der Waals surface area (Å²) in [7, 11) is 0. The van der Waals surface area contributed by atoms with Crippen molar-refractivity contribution in [2.24, 2.45) is 0 Å². The van der Waals surface area contributed by atoms with Gasteiger partial charge in [0.15, 0.2) is 16.8 Å². The van der Waals surface area contributed by atoms with Crippen molar-refractivity contribution in [1.29, 1.82) is 0 Å². The van der Waals surface area contributed by atoms with Crippen LogP contribution in [0.5, 0.6) is 0 Å². The third-order valence-corrected chi connectivity index (χ3v) is 6.20. The molecule has 1 N–H and O–H groups in total. The average Bonchev–Trinajstić information content (AvgIpc) is 3.21. The van der Waals surface area contributed by atoms with Gasteiger partial charge in [-0.05, 0) is 43.7 Å². The Labute approximate surface area is 199 Å². The smallest absolute Gasteiger partial charge is 0.236 e. The topological polar surface area (TPSA) is 85.6 Å². The van der Waals surface area contributed by atoms with Crippen LogP contribution in [0.25, 0.3) is 17.1 Å². The SMILES string of the molecule is Cc1ccccc1-n1c(SCC(=O)Nc2nc(C)c(Cl)cc2Cl)nnc1-c1cccnc1. The summed E-state index contributed by atoms with van der Waals surface area (Å²) in [6.07, 6.45) is 3.44. The second-order valence-corrected chi connectivity index (χ2v) is 8.65. The molecule has 0 saturated carbocycles. The van der Waals surface area contributed by atoms with Crippen LogP contribution in [-0.2, 0) is 4.79 Å². The molecular formula is C22H18Cl2N6OS. The molecule has 0 atom stereocenters. The van der Waals surface area contributed by atoms with Crippen molar-refractivity contribution in [2.75, 3.05) is 11.1 Å². The molecule has 4 rings (SSSR count). The highest BCUT2D eigenvalue weighted by Crippen LogP contribution is 2.30. The maximum atomic E-state index is 12.6. The molecule has 0 aliphatic rings. The molecule has 0 unspecified atom stereocenters. The molecule has 0 spiro atoms. The molecule has 3 aromatic heterocycles. The summed E-state index contributed by atoms with van der Waals surface area (Å²) >= 11 is 13.4. The number of aryl methyl sites for hydroxylation is 2. The van der Waals surface area contributed by atoms with Gasteiger partial charge in [0.1, 0.15) is 0 Å². The number of para-hydroxylation sites is 1. The number of amides is 1. The average molecular weight is 485 g/mol. The summed E-state index contributed by atoms with van der Waals surface area (Å²) in [5, 5.41) is 12.7. The number of hydrogen-bond donors (Lipinski definition) is 1. The van der Waals surface area contributed by atoms with Crippen molar-refractivity contribution in [3.63, 3.8) is 0 Å². The van der Waals surface area contributed by atoms with Crippen molar-refractivity contribution < 1.29 is 4.79 Å². The van der Waals surface area contributed by atoms with Crippen LogP contribution in [0.3, 0.4) is 0 Å². The maximum absolute atomic E-state index is 12.6. The lowest BCUT2D eigenvalue weighted by Crippen LogP contribution is -2.16. The Hall–Kier alpha value is -2.94. The monoisotopic (exact) mass is 484 g/mol. The molecule has 3 heterocycles. The highest BCUT2D eigenvalue weighted by molar-refractivity contribution is 7.99. The fourth-order valence-electron chi connectivity index (χ4n) is 3.02. The van der Waals surface area contributed by atoms with Crippen LogP contribution in [-0.4, -0.2) is 36.4 Å². The lowest BCUT2D eigenvalue weighted by molar-refractivity contribution is -0.113. The number of carbonyl (C=O) groups excluding carboxylic acids is 1. The van der Waals surface area contributed by atoms with Crippen LogP contribution >= 0.6 is 35.0 Å². The first-order valence-corrected chi connectivity index (χ1v) is 11.4. The van der Waals surface area contributed by atoms with Gasteiger partial charge in [-0.3, -0.25) is 14.3 Å². The summed E-state index contributed by atoms with van der Waals surface area (Å²) in [5.74, 6) is 0.744. The van der Waals surface area contributed by atoms with E-state index < -0.39 is 0 Å². The minimum atomic E-state index is -0.270. The third-order valence-electron chi connectivity index (χ3n) is 4.60. The van der Waals surface area contributed by atoms with Crippen LogP contribution in [0.2, 0.25) is 10.0 Å². The second-order valence-electron chi connectivity index (χ2n) is 6.89. The molecule has 162 valence electrons. The first-order chi connectivity index (χ1) is 15.4. The second kappa shape index (κ2) is 9.68. The lowest BCUT2D eigenvalue weighted by Gasteiger charge is -2.13. The Morgan fingerprint density at radius 2 is 1.91 bits per heavy atom. The van der Waals surface area contributed by atoms with Crippen molar-refractivity contribution >= 4 is 46.7 Å². The normalized spacial score (nSPS) is 10.9. The van der Waals surface area contributed by atoms with E-state index in [0.717, 1.165) is 16.8 Å². The summed E-state index contributed by atoms with van der Waals surface area (Å²) in [6.45, 7) is 3.76. The zero-order valence-corrected chi connectivity index (χ0v) is 19.5. The highest BCUT2D eigenvalue weighted by Gasteiger charge is 2.19. The number of halogens is 2. The number of rotatable bonds is 6. The first kappa shape index (κ1) is 22.3. The van der Waals surface area contributed by atoms with Crippen molar-refractivity contribution in [2.45, 2.75) is 19.0 Å². The van der Waals surface area contributed by atoms with E-state index in [2.05, 4.69) is 25.5 Å². The molecule has 1 aromatic carbocycles. The number of aromatic nitrogens is 5. The van der Waals surface area contributed by atoms with E-state index in [4.69, 9.17) is 23.2 Å². The van der Waals surface area contributed by atoms with Gasteiger partial charge in [0.25, 0.3) is 0 Å². The van der Waals surface area contributed by atoms with Crippen LogP contribution < -0.4 is 5.32 Å². The largest absolute Gasteiger partial charge is 0.309 e. The Kier molecular flexibility index (Phi) is 6.74. The van der Waals surface area contributed by atoms with E-state index in [0.29, 0.717) is 21.7 Å². The van der Waals surface area contributed by atoms with Gasteiger partial charge in [-0.2, -0.15) is 0 Å². The van der Waals surface area contributed by atoms with E-state index in [1.54, 1.807) is 25.4 Å². The van der Waals surface area contributed by atoms with E-state index in [1.807, 2.05) is 47.9 Å². The molecule has 0 aliphatic carbocycles. The number of benzene rings is 1. The zero-order chi connectivity index (χ0) is 22.7. The number of nitrogens with zero attached hydrogens (tertiary/aromatic N) is 5. The molecule has 0 fully saturated rings. The minimum absolute atomic E-state index is 0.0940. The van der Waals surface area contributed by atoms with Crippen LogP contribution in [0.1, 0.15) is 11.3 Å². The number of thioether (sulfide) groups is 1. The quantitative estimate of drug-likeness (QED) is 0.369. The van der Waals surface area contributed by atoms with Gasteiger partial charge < -0.3 is 5.32 Å². The standard InChI is InChI=1S/C22H18Cl2N6OS/c1-13-6-3-4-8-18(13)30-21(15-7-5-9-25-11-15)28-29-22(30)32-12-19(31)27-20-17(24)10-16(23)14(2)26-20/h3-11H,12H2,1-2H3,(H,26,27,31). The van der Waals surface area contributed by atoms with Crippen LogP contribution in [0, 0.1) is 13.8 Å². The van der Waals surface area contributed by atoms with E-state index in [1.165, 1.54) is 11.8 Å². The third kappa shape index (κ3) is 4.77. The maximum Gasteiger partial charge on any atom is 0.236 e. The summed E-state index contributed by atoms with van der Waals surface area (Å²) in [4.78, 5) is 21.0. The molecule has 10 heteroatoms. The molecule has 7 nitrogen and oxygen atoms in total. The molecule has 0 bridgehead atoms. The van der Waals surface area contributed by atoms with Gasteiger partial charge in [0.2, 0.25) is 5.91 Å². The zero-order valence-electron chi connectivity index (χ0n) is 17.2. The van der Waals surface area contributed by atoms with E-state index in [9.17, 15) is 4.79 Å². The molecule has 1 amide bonds. The Bertz CT molecular complexity index is 1280. The number of hydrogen-bond acceptors (Lipinski definition) is 6. The van der Waals surface area contributed by atoms with E-state index >= 15 is 0 Å². The molecule has 0 radical (unpaired) electrons. The van der Waals surface area contributed by atoms with Gasteiger partial charge in [0, 0.05) is 18.0 Å². The molecule has 4 aromatic rings. The van der Waals surface area contributed by atoms with Crippen molar-refractivity contribution in [3.05, 3.63) is 76.2 Å². The number of anilines is 1. The molecular weight excluding hydrogens is 467 g/mol. The van der Waals surface area contributed by atoms with Crippen LogP contribution in [0.15, 0.2) is 60.0 Å². The van der Waals surface area contributed by atoms with Gasteiger partial charge in [0.05, 0.1) is 27.2 Å². The lowest BCUT2D eigenvalue weighted by atomic mass is 10.2. The van der Waals surface area contributed by atoms with Gasteiger partial charge in [-0.25, -0.2) is 4.98 Å². The first-order valence-electron chi connectivity index (χ1n) is 9.61. The van der Waals surface area contributed by atoms with Gasteiger partial charge in [-0.15, -0.1) is 10.2 Å². The summed E-state index contributed by atoms with van der Waals surface area (Å²) in [5.41, 5.74) is 3.39. The number of carbonyl (C=O) groups is 1. The predicted octanol–water partition coefficient (Wildman–Crippen LogP) is 5.38. The van der Waals surface area contributed by atoms with Crippen molar-refractivity contribution in [3.8, 4) is 17.1 Å². The fourth-order valence-corrected chi connectivity index (χ4v) is 4.17. The van der Waals surface area contributed by atoms with Crippen molar-refractivity contribution in [1.82, 2.24) is 24.7 Å². The predicted molar refractivity (Wildman–Crippen MR) is 128 cm³/mol. The molecule has 32 heavy (non-hydrogen) atoms. The molecule has 0 aliphatic heterocycles. The van der Waals surface area contributed by atoms with Crippen LogP contribution in [0.4, 0.5) is 5.82 Å². The summed E-state index contributed by atoms with van der Waals surface area (Å²) in [6, 6.07) is 13.2. The van der Waals surface area contributed by atoms with Gasteiger partial charge in [-0.1, -0.05) is 53.2 Å². The van der Waals surface area contributed by atoms with E-state index in [-0.39, 0.29) is 22.5 Å².